The van der Waals surface area contributed by atoms with Gasteiger partial charge in [0.1, 0.15) is 5.75 Å². The number of hydrogen-bond donors (Lipinski definition) is 1. The number of alkyl halides is 1. The molecule has 0 bridgehead atoms. The molecule has 0 aliphatic heterocycles. The molecule has 0 spiro atoms. The van der Waals surface area contributed by atoms with Crippen molar-refractivity contribution < 1.29 is 9.13 Å². The van der Waals surface area contributed by atoms with Gasteiger partial charge in [-0.3, -0.25) is 4.39 Å². The van der Waals surface area contributed by atoms with Crippen LogP contribution in [0.2, 0.25) is 0 Å². The van der Waals surface area contributed by atoms with E-state index < -0.39 is 0 Å². The summed E-state index contributed by atoms with van der Waals surface area (Å²) >= 11 is 0. The monoisotopic (exact) mass is 247 g/mol. The normalized spacial score (nSPS) is 10.8. The van der Waals surface area contributed by atoms with Crippen molar-refractivity contribution in [2.45, 2.75) is 13.0 Å². The van der Waals surface area contributed by atoms with E-state index in [0.717, 1.165) is 17.9 Å². The Balaban J connectivity index is 2.35. The molecule has 0 atom stereocenters. The van der Waals surface area contributed by atoms with Crippen LogP contribution in [0.5, 0.6) is 5.75 Å². The molecule has 96 valence electrons. The zero-order chi connectivity index (χ0) is 12.8. The van der Waals surface area contributed by atoms with Crippen LogP contribution in [0.1, 0.15) is 12.0 Å². The second kappa shape index (κ2) is 6.36. The zero-order valence-electron chi connectivity index (χ0n) is 10.6. The van der Waals surface area contributed by atoms with Crippen molar-refractivity contribution in [3.05, 3.63) is 42.0 Å². The molecule has 1 N–H and O–H groups in total. The largest absolute Gasteiger partial charge is 0.493 e. The molecule has 0 unspecified atom stereocenters. The summed E-state index contributed by atoms with van der Waals surface area (Å²) in [4.78, 5) is 0. The molecule has 3 heteroatoms. The molecule has 0 amide bonds. The quantitative estimate of drug-likeness (QED) is 0.791. The van der Waals surface area contributed by atoms with E-state index in [9.17, 15) is 4.39 Å². The fraction of sp³-hybridized carbons (Fsp3) is 0.333. The molecule has 0 saturated heterocycles. The first kappa shape index (κ1) is 12.8. The minimum Gasteiger partial charge on any atom is -0.493 e. The molecular weight excluding hydrogens is 229 g/mol. The number of hydrogen-bond acceptors (Lipinski definition) is 2. The van der Waals surface area contributed by atoms with Crippen LogP contribution in [0.3, 0.4) is 0 Å². The maximum atomic E-state index is 12.1. The Labute approximate surface area is 107 Å². The summed E-state index contributed by atoms with van der Waals surface area (Å²) in [6.07, 6.45) is 0.436. The van der Waals surface area contributed by atoms with Crippen molar-refractivity contribution in [3.63, 3.8) is 0 Å². The van der Waals surface area contributed by atoms with Crippen LogP contribution in [0.4, 0.5) is 4.39 Å². The van der Waals surface area contributed by atoms with Gasteiger partial charge in [0.25, 0.3) is 0 Å². The Kier molecular flexibility index (Phi) is 4.53. The first-order valence-corrected chi connectivity index (χ1v) is 6.21. The summed E-state index contributed by atoms with van der Waals surface area (Å²) in [6, 6.07) is 12.2. The first-order valence-electron chi connectivity index (χ1n) is 6.21. The lowest BCUT2D eigenvalue weighted by atomic mass is 10.0. The number of rotatable bonds is 6. The van der Waals surface area contributed by atoms with Crippen LogP contribution in [-0.2, 0) is 6.54 Å². The van der Waals surface area contributed by atoms with E-state index in [1.807, 2.05) is 31.3 Å². The summed E-state index contributed by atoms with van der Waals surface area (Å²) in [7, 11) is 1.91. The van der Waals surface area contributed by atoms with E-state index in [0.29, 0.717) is 13.0 Å². The third-order valence-electron chi connectivity index (χ3n) is 2.89. The Morgan fingerprint density at radius 1 is 1.17 bits per heavy atom. The van der Waals surface area contributed by atoms with E-state index in [1.165, 1.54) is 10.8 Å². The highest BCUT2D eigenvalue weighted by molar-refractivity contribution is 5.87. The van der Waals surface area contributed by atoms with Gasteiger partial charge in [-0.1, -0.05) is 30.3 Å². The summed E-state index contributed by atoms with van der Waals surface area (Å²) in [5.74, 6) is 0.844. The van der Waals surface area contributed by atoms with Crippen LogP contribution in [-0.4, -0.2) is 20.3 Å². The fourth-order valence-corrected chi connectivity index (χ4v) is 2.05. The highest BCUT2D eigenvalue weighted by Crippen LogP contribution is 2.28. The fourth-order valence-electron chi connectivity index (χ4n) is 2.05. The van der Waals surface area contributed by atoms with Gasteiger partial charge in [0.15, 0.2) is 0 Å². The van der Waals surface area contributed by atoms with Gasteiger partial charge < -0.3 is 10.1 Å². The molecule has 2 aromatic rings. The van der Waals surface area contributed by atoms with Gasteiger partial charge in [0.2, 0.25) is 0 Å². The lowest BCUT2D eigenvalue weighted by Crippen LogP contribution is -2.09. The molecule has 0 aromatic heterocycles. The Bertz CT molecular complexity index is 513. The maximum Gasteiger partial charge on any atom is 0.124 e. The van der Waals surface area contributed by atoms with Crippen LogP contribution in [0, 0.1) is 0 Å². The SMILES string of the molecule is CNCc1c(OCCCF)ccc2ccccc12. The molecule has 0 aliphatic carbocycles. The number of halogens is 1. The molecule has 0 saturated carbocycles. The molecule has 0 aliphatic rings. The van der Waals surface area contributed by atoms with Crippen molar-refractivity contribution in [1.82, 2.24) is 5.32 Å². The van der Waals surface area contributed by atoms with Crippen molar-refractivity contribution in [1.29, 1.82) is 0 Å². The Morgan fingerprint density at radius 2 is 2.00 bits per heavy atom. The summed E-state index contributed by atoms with van der Waals surface area (Å²) in [6.45, 7) is 0.826. The minimum atomic E-state index is -0.338. The summed E-state index contributed by atoms with van der Waals surface area (Å²) in [5, 5.41) is 5.53. The maximum absolute atomic E-state index is 12.1. The van der Waals surface area contributed by atoms with Gasteiger partial charge in [-0.15, -0.1) is 0 Å². The summed E-state index contributed by atoms with van der Waals surface area (Å²) < 4.78 is 17.8. The zero-order valence-corrected chi connectivity index (χ0v) is 10.6. The van der Waals surface area contributed by atoms with Gasteiger partial charge in [-0.25, -0.2) is 0 Å². The molecule has 0 fully saturated rings. The molecular formula is C15H18FNO. The molecule has 2 rings (SSSR count). The Morgan fingerprint density at radius 3 is 2.78 bits per heavy atom. The van der Waals surface area contributed by atoms with E-state index in [4.69, 9.17) is 4.74 Å². The third kappa shape index (κ3) is 2.79. The number of nitrogens with one attached hydrogen (secondary N) is 1. The van der Waals surface area contributed by atoms with Gasteiger partial charge >= 0.3 is 0 Å². The van der Waals surface area contributed by atoms with Crippen molar-refractivity contribution in [2.75, 3.05) is 20.3 Å². The van der Waals surface area contributed by atoms with Gasteiger partial charge in [0, 0.05) is 18.5 Å². The smallest absolute Gasteiger partial charge is 0.124 e. The molecule has 2 nitrogen and oxygen atoms in total. The summed E-state index contributed by atoms with van der Waals surface area (Å²) in [5.41, 5.74) is 1.13. The van der Waals surface area contributed by atoms with E-state index >= 15 is 0 Å². The van der Waals surface area contributed by atoms with Crippen molar-refractivity contribution >= 4 is 10.8 Å². The van der Waals surface area contributed by atoms with Crippen LogP contribution >= 0.6 is 0 Å². The van der Waals surface area contributed by atoms with Crippen molar-refractivity contribution in [3.8, 4) is 5.75 Å². The molecule has 2 aromatic carbocycles. The predicted molar refractivity (Wildman–Crippen MR) is 72.8 cm³/mol. The number of benzene rings is 2. The average molecular weight is 247 g/mol. The first-order chi connectivity index (χ1) is 8.86. The molecule has 18 heavy (non-hydrogen) atoms. The lowest BCUT2D eigenvalue weighted by Gasteiger charge is -2.13. The van der Waals surface area contributed by atoms with Crippen LogP contribution < -0.4 is 10.1 Å². The van der Waals surface area contributed by atoms with E-state index in [-0.39, 0.29) is 6.67 Å². The average Bonchev–Trinajstić information content (AvgIpc) is 2.41. The topological polar surface area (TPSA) is 21.3 Å². The number of fused-ring (bicyclic) bond motifs is 1. The van der Waals surface area contributed by atoms with Gasteiger partial charge in [-0.2, -0.15) is 0 Å². The van der Waals surface area contributed by atoms with E-state index in [1.54, 1.807) is 0 Å². The highest BCUT2D eigenvalue weighted by Gasteiger charge is 2.07. The lowest BCUT2D eigenvalue weighted by molar-refractivity contribution is 0.287. The third-order valence-corrected chi connectivity index (χ3v) is 2.89. The number of ether oxygens (including phenoxy) is 1. The molecule has 0 radical (unpaired) electrons. The Hall–Kier alpha value is -1.61. The van der Waals surface area contributed by atoms with Gasteiger partial charge in [0.05, 0.1) is 13.3 Å². The molecule has 0 heterocycles. The standard InChI is InChI=1S/C15H18FNO/c1-17-11-14-13-6-3-2-5-12(13)7-8-15(14)18-10-4-9-16/h2-3,5-8,17H,4,9-11H2,1H3. The second-order valence-corrected chi connectivity index (χ2v) is 4.18. The van der Waals surface area contributed by atoms with Crippen molar-refractivity contribution in [2.24, 2.45) is 0 Å². The van der Waals surface area contributed by atoms with Gasteiger partial charge in [-0.05, 0) is 23.9 Å². The highest BCUT2D eigenvalue weighted by atomic mass is 19.1. The van der Waals surface area contributed by atoms with E-state index in [2.05, 4.69) is 17.4 Å². The second-order valence-electron chi connectivity index (χ2n) is 4.18. The predicted octanol–water partition coefficient (Wildman–Crippen LogP) is 3.30. The van der Waals surface area contributed by atoms with Crippen LogP contribution in [0.15, 0.2) is 36.4 Å². The minimum absolute atomic E-state index is 0.338. The van der Waals surface area contributed by atoms with Crippen LogP contribution in [0.25, 0.3) is 10.8 Å².